The first kappa shape index (κ1) is 13.5. The molecule has 90 valence electrons. The molecule has 0 aromatic heterocycles. The van der Waals surface area contributed by atoms with Crippen molar-refractivity contribution in [2.24, 2.45) is 0 Å². The molecule has 0 amide bonds. The summed E-state index contributed by atoms with van der Waals surface area (Å²) >= 11 is 11.1. The molecule has 2 N–H and O–H groups in total. The fraction of sp³-hybridized carbons (Fsp3) is 0.400. The Hall–Kier alpha value is -0.550. The molecule has 0 fully saturated rings. The highest BCUT2D eigenvalue weighted by Gasteiger charge is 2.25. The van der Waals surface area contributed by atoms with Crippen molar-refractivity contribution >= 4 is 23.2 Å². The van der Waals surface area contributed by atoms with E-state index in [2.05, 4.69) is 0 Å². The Labute approximate surface area is 102 Å². The van der Waals surface area contributed by atoms with Crippen LogP contribution in [0.25, 0.3) is 0 Å². The molecular weight excluding hydrogens is 258 g/mol. The molecule has 0 radical (unpaired) electrons. The Balaban J connectivity index is 3.20. The van der Waals surface area contributed by atoms with E-state index in [1.807, 2.05) is 0 Å². The number of aliphatic hydroxyl groups is 2. The average molecular weight is 269 g/mol. The minimum absolute atomic E-state index is 0.00923. The first-order valence-corrected chi connectivity index (χ1v) is 5.38. The zero-order valence-electron chi connectivity index (χ0n) is 8.45. The number of hydrogen-bond donors (Lipinski definition) is 2. The predicted molar refractivity (Wildman–Crippen MR) is 59.6 cm³/mol. The molecule has 0 spiro atoms. The van der Waals surface area contributed by atoms with Gasteiger partial charge in [0.2, 0.25) is 0 Å². The molecule has 0 bridgehead atoms. The molecule has 2 unspecified atom stereocenters. The molecule has 0 aliphatic heterocycles. The van der Waals surface area contributed by atoms with Crippen LogP contribution >= 0.6 is 23.2 Å². The van der Waals surface area contributed by atoms with Crippen molar-refractivity contribution in [3.05, 3.63) is 28.5 Å². The lowest BCUT2D eigenvalue weighted by atomic mass is 10.0. The molecule has 3 nitrogen and oxygen atoms in total. The Kier molecular flexibility index (Phi) is 4.80. The first-order valence-electron chi connectivity index (χ1n) is 4.46. The summed E-state index contributed by atoms with van der Waals surface area (Å²) < 4.78 is 18.5. The second kappa shape index (κ2) is 5.68. The molecular formula is C10H11Cl2FO3. The van der Waals surface area contributed by atoms with Crippen LogP contribution in [0, 0.1) is 5.82 Å². The Morgan fingerprint density at radius 2 is 2.06 bits per heavy atom. The summed E-state index contributed by atoms with van der Waals surface area (Å²) in [6, 6.07) is 2.71. The van der Waals surface area contributed by atoms with Crippen LogP contribution in [0.1, 0.15) is 11.7 Å². The smallest absolute Gasteiger partial charge is 0.172 e. The van der Waals surface area contributed by atoms with E-state index in [0.29, 0.717) is 0 Å². The van der Waals surface area contributed by atoms with Crippen LogP contribution in [-0.2, 0) is 0 Å². The third-order valence-electron chi connectivity index (χ3n) is 2.13. The summed E-state index contributed by atoms with van der Waals surface area (Å²) in [6.07, 6.45) is -2.78. The zero-order valence-corrected chi connectivity index (χ0v) is 9.96. The van der Waals surface area contributed by atoms with Gasteiger partial charge in [-0.25, -0.2) is 4.39 Å². The normalized spacial score (nSPS) is 14.6. The fourth-order valence-electron chi connectivity index (χ4n) is 1.25. The molecule has 6 heteroatoms. The summed E-state index contributed by atoms with van der Waals surface area (Å²) in [4.78, 5) is 0. The number of ether oxygens (including phenoxy) is 1. The van der Waals surface area contributed by atoms with E-state index in [0.717, 1.165) is 0 Å². The third kappa shape index (κ3) is 2.58. The van der Waals surface area contributed by atoms with Gasteiger partial charge in [0.15, 0.2) is 11.6 Å². The summed E-state index contributed by atoms with van der Waals surface area (Å²) in [5.41, 5.74) is -0.214. The highest BCUT2D eigenvalue weighted by atomic mass is 35.5. The van der Waals surface area contributed by atoms with Gasteiger partial charge in [-0.1, -0.05) is 11.6 Å². The van der Waals surface area contributed by atoms with Crippen molar-refractivity contribution in [2.75, 3.05) is 13.0 Å². The van der Waals surface area contributed by atoms with E-state index in [1.165, 1.54) is 19.2 Å². The topological polar surface area (TPSA) is 49.7 Å². The standard InChI is InChI=1S/C10H11Cl2FO3/c1-16-7-3-2-5(12)8(9(7)13)10(15)6(14)4-11/h2-3,6,10,14-15H,4H2,1H3. The van der Waals surface area contributed by atoms with Crippen molar-refractivity contribution in [1.82, 2.24) is 0 Å². The molecule has 2 atom stereocenters. The van der Waals surface area contributed by atoms with E-state index in [4.69, 9.17) is 27.9 Å². The molecule has 1 rings (SSSR count). The Morgan fingerprint density at radius 3 is 2.56 bits per heavy atom. The zero-order chi connectivity index (χ0) is 12.3. The van der Waals surface area contributed by atoms with Gasteiger partial charge >= 0.3 is 0 Å². The van der Waals surface area contributed by atoms with Gasteiger partial charge in [-0.05, 0) is 12.1 Å². The molecule has 0 aliphatic rings. The fourth-order valence-corrected chi connectivity index (χ4v) is 1.68. The number of methoxy groups -OCH3 is 1. The van der Waals surface area contributed by atoms with Gasteiger partial charge in [0, 0.05) is 10.6 Å². The lowest BCUT2D eigenvalue weighted by Crippen LogP contribution is -2.21. The number of rotatable bonds is 4. The van der Waals surface area contributed by atoms with Gasteiger partial charge in [0.1, 0.15) is 6.10 Å². The van der Waals surface area contributed by atoms with Crippen molar-refractivity contribution in [3.63, 3.8) is 0 Å². The maximum absolute atomic E-state index is 13.8. The van der Waals surface area contributed by atoms with Crippen LogP contribution in [0.5, 0.6) is 5.75 Å². The van der Waals surface area contributed by atoms with Crippen LogP contribution in [0.4, 0.5) is 4.39 Å². The van der Waals surface area contributed by atoms with Gasteiger partial charge in [-0.2, -0.15) is 0 Å². The molecule has 0 heterocycles. The van der Waals surface area contributed by atoms with Crippen molar-refractivity contribution in [2.45, 2.75) is 12.2 Å². The second-order valence-corrected chi connectivity index (χ2v) is 3.86. The van der Waals surface area contributed by atoms with Gasteiger partial charge in [0.25, 0.3) is 0 Å². The van der Waals surface area contributed by atoms with Crippen LogP contribution in [-0.4, -0.2) is 29.3 Å². The van der Waals surface area contributed by atoms with Gasteiger partial charge in [-0.15, -0.1) is 11.6 Å². The van der Waals surface area contributed by atoms with E-state index in [9.17, 15) is 14.6 Å². The summed E-state index contributed by atoms with van der Waals surface area (Å²) in [5, 5.41) is 19.0. The maximum atomic E-state index is 13.8. The van der Waals surface area contributed by atoms with Crippen LogP contribution in [0.2, 0.25) is 5.02 Å². The molecule has 0 saturated heterocycles. The van der Waals surface area contributed by atoms with Crippen molar-refractivity contribution in [3.8, 4) is 5.75 Å². The second-order valence-electron chi connectivity index (χ2n) is 3.14. The molecule has 0 aliphatic carbocycles. The van der Waals surface area contributed by atoms with Gasteiger partial charge < -0.3 is 14.9 Å². The molecule has 1 aromatic rings. The van der Waals surface area contributed by atoms with Gasteiger partial charge in [-0.3, -0.25) is 0 Å². The summed E-state index contributed by atoms with van der Waals surface area (Å²) in [5.74, 6) is -1.08. The SMILES string of the molecule is COc1ccc(Cl)c(C(O)C(O)CCl)c1F. The molecule has 0 saturated carbocycles. The average Bonchev–Trinajstić information content (AvgIpc) is 2.28. The monoisotopic (exact) mass is 268 g/mol. The third-order valence-corrected chi connectivity index (χ3v) is 2.78. The predicted octanol–water partition coefficient (Wildman–Crippen LogP) is 2.12. The minimum atomic E-state index is -1.49. The number of alkyl halides is 1. The Bertz CT molecular complexity index is 373. The van der Waals surface area contributed by atoms with Crippen LogP contribution in [0.3, 0.4) is 0 Å². The van der Waals surface area contributed by atoms with E-state index < -0.39 is 18.0 Å². The largest absolute Gasteiger partial charge is 0.494 e. The van der Waals surface area contributed by atoms with Crippen molar-refractivity contribution < 1.29 is 19.3 Å². The first-order chi connectivity index (χ1) is 7.52. The Morgan fingerprint density at radius 1 is 1.44 bits per heavy atom. The number of aliphatic hydroxyl groups excluding tert-OH is 2. The van der Waals surface area contributed by atoms with Crippen LogP contribution < -0.4 is 4.74 Å². The minimum Gasteiger partial charge on any atom is -0.494 e. The van der Waals surface area contributed by atoms with Crippen LogP contribution in [0.15, 0.2) is 12.1 Å². The summed E-state index contributed by atoms with van der Waals surface area (Å²) in [6.45, 7) is 0. The lowest BCUT2D eigenvalue weighted by molar-refractivity contribution is 0.0302. The summed E-state index contributed by atoms with van der Waals surface area (Å²) in [7, 11) is 1.29. The number of benzene rings is 1. The highest BCUT2D eigenvalue weighted by molar-refractivity contribution is 6.31. The van der Waals surface area contributed by atoms with Gasteiger partial charge in [0.05, 0.1) is 19.1 Å². The molecule has 16 heavy (non-hydrogen) atoms. The maximum Gasteiger partial charge on any atom is 0.172 e. The van der Waals surface area contributed by atoms with Crippen molar-refractivity contribution in [1.29, 1.82) is 0 Å². The highest BCUT2D eigenvalue weighted by Crippen LogP contribution is 2.33. The van der Waals surface area contributed by atoms with E-state index >= 15 is 0 Å². The quantitative estimate of drug-likeness (QED) is 0.823. The number of halogens is 3. The lowest BCUT2D eigenvalue weighted by Gasteiger charge is -2.18. The van der Waals surface area contributed by atoms with E-state index in [1.54, 1.807) is 0 Å². The molecule has 1 aromatic carbocycles. The number of hydrogen-bond acceptors (Lipinski definition) is 3. The van der Waals surface area contributed by atoms with E-state index in [-0.39, 0.29) is 22.2 Å².